The van der Waals surface area contributed by atoms with E-state index in [2.05, 4.69) is 93.8 Å². The van der Waals surface area contributed by atoms with E-state index in [9.17, 15) is 0 Å². The van der Waals surface area contributed by atoms with E-state index >= 15 is 0 Å². The lowest BCUT2D eigenvalue weighted by atomic mass is 10.1. The van der Waals surface area contributed by atoms with Gasteiger partial charge in [-0.15, -0.1) is 12.4 Å². The number of aryl methyl sites for hydroxylation is 2. The molecule has 1 fully saturated rings. The molecule has 5 nitrogen and oxygen atoms in total. The first kappa shape index (κ1) is 29.2. The smallest absolute Gasteiger partial charge is 0.244 e. The van der Waals surface area contributed by atoms with Gasteiger partial charge in [-0.1, -0.05) is 44.9 Å². The van der Waals surface area contributed by atoms with Crippen LogP contribution in [0.3, 0.4) is 0 Å². The molecular weight excluding hydrogens is 455 g/mol. The van der Waals surface area contributed by atoms with Crippen molar-refractivity contribution in [2.24, 2.45) is 0 Å². The lowest BCUT2D eigenvalue weighted by Gasteiger charge is -2.02. The molecule has 1 aromatic carbocycles. The molecule has 0 bridgehead atoms. The van der Waals surface area contributed by atoms with Gasteiger partial charge in [0.1, 0.15) is 37.9 Å². The van der Waals surface area contributed by atoms with Crippen molar-refractivity contribution in [2.45, 2.75) is 78.6 Å². The molecule has 1 aliphatic heterocycles. The largest absolute Gasteiger partial charge is 1.00 e. The van der Waals surface area contributed by atoms with Crippen molar-refractivity contribution < 1.29 is 26.3 Å². The molecule has 1 saturated heterocycles. The van der Waals surface area contributed by atoms with E-state index in [1.54, 1.807) is 0 Å². The summed E-state index contributed by atoms with van der Waals surface area (Å²) < 4.78 is 14.0. The Morgan fingerprint density at radius 3 is 1.70 bits per heavy atom. The van der Waals surface area contributed by atoms with Gasteiger partial charge in [-0.05, 0) is 42.9 Å². The van der Waals surface area contributed by atoms with Crippen LogP contribution < -0.4 is 21.5 Å². The van der Waals surface area contributed by atoms with Gasteiger partial charge in [-0.3, -0.25) is 0 Å². The number of hydrogen-bond acceptors (Lipinski definition) is 1. The highest BCUT2D eigenvalue weighted by Gasteiger charge is 2.08. The first-order valence-electron chi connectivity index (χ1n) is 12.0. The number of ether oxygens (including phenoxy) is 1. The second-order valence-electron chi connectivity index (χ2n) is 8.49. The second-order valence-corrected chi connectivity index (χ2v) is 8.49. The van der Waals surface area contributed by atoms with Crippen molar-refractivity contribution in [1.82, 2.24) is 9.13 Å². The van der Waals surface area contributed by atoms with Crippen LogP contribution in [-0.4, -0.2) is 22.3 Å². The zero-order valence-electron chi connectivity index (χ0n) is 20.2. The summed E-state index contributed by atoms with van der Waals surface area (Å²) in [5.74, 6) is 0. The van der Waals surface area contributed by atoms with E-state index in [1.807, 2.05) is 0 Å². The van der Waals surface area contributed by atoms with E-state index in [1.165, 1.54) is 49.7 Å². The van der Waals surface area contributed by atoms with E-state index < -0.39 is 0 Å². The Bertz CT molecular complexity index is 819. The SMILES string of the molecule is C1CCOC1.CCCCn1cc[n+](Cc2cccc(C[n+]3ccn(CCCC)c3)c2)c1.Cl.[Cl-]. The fourth-order valence-electron chi connectivity index (χ4n) is 3.77. The molecule has 7 heteroatoms. The average Bonchev–Trinajstić information content (AvgIpc) is 3.55. The number of hydrogen-bond donors (Lipinski definition) is 0. The van der Waals surface area contributed by atoms with Gasteiger partial charge in [0.05, 0.1) is 13.1 Å². The number of rotatable bonds is 10. The van der Waals surface area contributed by atoms with E-state index in [0.717, 1.165) is 39.4 Å². The third-order valence-electron chi connectivity index (χ3n) is 5.58. The minimum absolute atomic E-state index is 0. The summed E-state index contributed by atoms with van der Waals surface area (Å²) in [7, 11) is 0. The number of benzene rings is 1. The highest BCUT2D eigenvalue weighted by Crippen LogP contribution is 2.06. The maximum atomic E-state index is 4.94. The van der Waals surface area contributed by atoms with Gasteiger partial charge in [0, 0.05) is 13.2 Å². The first-order chi connectivity index (χ1) is 15.3. The fourth-order valence-corrected chi connectivity index (χ4v) is 3.77. The number of imidazole rings is 2. The molecule has 184 valence electrons. The minimum Gasteiger partial charge on any atom is -1.00 e. The molecule has 0 radical (unpaired) electrons. The Kier molecular flexibility index (Phi) is 14.8. The monoisotopic (exact) mass is 495 g/mol. The molecule has 0 saturated carbocycles. The summed E-state index contributed by atoms with van der Waals surface area (Å²) in [5.41, 5.74) is 2.71. The number of halogens is 2. The molecule has 1 aliphatic rings. The summed E-state index contributed by atoms with van der Waals surface area (Å²) in [6, 6.07) is 8.94. The molecule has 0 N–H and O–H groups in total. The maximum Gasteiger partial charge on any atom is 0.244 e. The first-order valence-corrected chi connectivity index (χ1v) is 12.0. The van der Waals surface area contributed by atoms with Crippen molar-refractivity contribution in [3.63, 3.8) is 0 Å². The molecule has 3 aromatic rings. The van der Waals surface area contributed by atoms with Gasteiger partial charge in [0.2, 0.25) is 12.7 Å². The molecule has 33 heavy (non-hydrogen) atoms. The number of unbranched alkanes of at least 4 members (excludes halogenated alkanes) is 2. The van der Waals surface area contributed by atoms with Crippen LogP contribution in [0.1, 0.15) is 63.5 Å². The molecule has 3 heterocycles. The van der Waals surface area contributed by atoms with Crippen LogP contribution in [0.5, 0.6) is 0 Å². The molecule has 4 rings (SSSR count). The number of aromatic nitrogens is 4. The predicted molar refractivity (Wildman–Crippen MR) is 131 cm³/mol. The van der Waals surface area contributed by atoms with Crippen LogP contribution in [0.15, 0.2) is 61.7 Å². The second kappa shape index (κ2) is 16.7. The molecule has 0 unspecified atom stereocenters. The van der Waals surface area contributed by atoms with Crippen LogP contribution in [-0.2, 0) is 30.9 Å². The summed E-state index contributed by atoms with van der Waals surface area (Å²) in [6.45, 7) is 10.5. The van der Waals surface area contributed by atoms with Crippen molar-refractivity contribution in [1.29, 1.82) is 0 Å². The zero-order chi connectivity index (χ0) is 21.7. The Hall–Kier alpha value is -1.82. The topological polar surface area (TPSA) is 26.8 Å². The van der Waals surface area contributed by atoms with Crippen LogP contribution in [0.4, 0.5) is 0 Å². The van der Waals surface area contributed by atoms with Gasteiger partial charge < -0.3 is 17.1 Å². The molecule has 0 aliphatic carbocycles. The van der Waals surface area contributed by atoms with Crippen molar-refractivity contribution in [3.05, 3.63) is 72.8 Å². The van der Waals surface area contributed by atoms with E-state index in [4.69, 9.17) is 4.74 Å². The van der Waals surface area contributed by atoms with Crippen molar-refractivity contribution in [3.8, 4) is 0 Å². The molecule has 0 amide bonds. The standard InChI is InChI=1S/C22H32N4.C4H8O.2ClH/c1-3-5-10-23-12-14-25(19-23)17-21-8-7-9-22(16-21)18-26-15-13-24(20-26)11-6-4-2;1-2-4-5-3-1;;/h7-9,12-16,19-20H,3-6,10-11,17-18H2,1-2H3;1-4H2;2*1H/q+2;;;/p-1. The van der Waals surface area contributed by atoms with Crippen LogP contribution in [0, 0.1) is 0 Å². The number of nitrogens with zero attached hydrogens (tertiary/aromatic N) is 4. The highest BCUT2D eigenvalue weighted by atomic mass is 35.5. The Morgan fingerprint density at radius 2 is 1.30 bits per heavy atom. The van der Waals surface area contributed by atoms with E-state index in [-0.39, 0.29) is 24.8 Å². The van der Waals surface area contributed by atoms with Crippen molar-refractivity contribution >= 4 is 12.4 Å². The summed E-state index contributed by atoms with van der Waals surface area (Å²) in [6.07, 6.45) is 20.6. The van der Waals surface area contributed by atoms with Gasteiger partial charge in [0.25, 0.3) is 0 Å². The molecule has 0 spiro atoms. The van der Waals surface area contributed by atoms with Gasteiger partial charge in [0.15, 0.2) is 0 Å². The van der Waals surface area contributed by atoms with E-state index in [0.29, 0.717) is 0 Å². The summed E-state index contributed by atoms with van der Waals surface area (Å²) in [5, 5.41) is 0. The highest BCUT2D eigenvalue weighted by molar-refractivity contribution is 5.85. The lowest BCUT2D eigenvalue weighted by Crippen LogP contribution is -3.00. The van der Waals surface area contributed by atoms with Crippen molar-refractivity contribution in [2.75, 3.05) is 13.2 Å². The van der Waals surface area contributed by atoms with Gasteiger partial charge in [-0.2, -0.15) is 0 Å². The zero-order valence-corrected chi connectivity index (χ0v) is 21.8. The van der Waals surface area contributed by atoms with Crippen LogP contribution in [0.2, 0.25) is 0 Å². The Morgan fingerprint density at radius 1 is 0.818 bits per heavy atom. The predicted octanol–water partition coefficient (Wildman–Crippen LogP) is 1.78. The maximum absolute atomic E-state index is 4.94. The third-order valence-corrected chi connectivity index (χ3v) is 5.58. The van der Waals surface area contributed by atoms with Crippen LogP contribution >= 0.6 is 12.4 Å². The van der Waals surface area contributed by atoms with Gasteiger partial charge in [-0.25, -0.2) is 18.3 Å². The molecular formula is C26H41Cl2N4O+. The average molecular weight is 497 g/mol. The molecule has 2 aromatic heterocycles. The van der Waals surface area contributed by atoms with Crippen LogP contribution in [0.25, 0.3) is 0 Å². The lowest BCUT2D eigenvalue weighted by molar-refractivity contribution is -0.688. The van der Waals surface area contributed by atoms with Gasteiger partial charge >= 0.3 is 0 Å². The quantitative estimate of drug-likeness (QED) is 0.394. The third kappa shape index (κ3) is 10.8. The molecule has 0 atom stereocenters. The Balaban J connectivity index is 0.000000689. The Labute approximate surface area is 212 Å². The fraction of sp³-hybridized carbons (Fsp3) is 0.538. The summed E-state index contributed by atoms with van der Waals surface area (Å²) >= 11 is 0. The minimum atomic E-state index is 0. The summed E-state index contributed by atoms with van der Waals surface area (Å²) in [4.78, 5) is 0. The normalized spacial score (nSPS) is 12.4.